The summed E-state index contributed by atoms with van der Waals surface area (Å²) < 4.78 is 6.52. The highest BCUT2D eigenvalue weighted by Crippen LogP contribution is 2.40. The zero-order valence-electron chi connectivity index (χ0n) is 11.4. The minimum absolute atomic E-state index is 0.445. The summed E-state index contributed by atoms with van der Waals surface area (Å²) in [6, 6.07) is 3.99. The van der Waals surface area contributed by atoms with E-state index in [9.17, 15) is 20.2 Å². The molecule has 1 aliphatic rings. The molecule has 0 bridgehead atoms. The Bertz CT molecular complexity index is 565. The van der Waals surface area contributed by atoms with Gasteiger partial charge in [-0.05, 0) is 18.6 Å². The smallest absolute Gasteiger partial charge is 0.262 e. The van der Waals surface area contributed by atoms with Crippen molar-refractivity contribution in [2.75, 3.05) is 6.54 Å². The van der Waals surface area contributed by atoms with Gasteiger partial charge in [-0.25, -0.2) is 0 Å². The van der Waals surface area contributed by atoms with Gasteiger partial charge in [0.15, 0.2) is 6.10 Å². The Balaban J connectivity index is 2.48. The van der Waals surface area contributed by atoms with Crippen molar-refractivity contribution in [3.05, 3.63) is 48.5 Å². The molecule has 1 aromatic rings. The summed E-state index contributed by atoms with van der Waals surface area (Å²) in [4.78, 5) is 21.4. The number of hydrogen-bond acceptors (Lipinski definition) is 5. The summed E-state index contributed by atoms with van der Waals surface area (Å²) in [6.07, 6.45) is 0.562. The molecule has 1 aliphatic heterocycles. The molecule has 114 valence electrons. The maximum atomic E-state index is 11.4. The second-order valence-corrected chi connectivity index (χ2v) is 5.94. The van der Waals surface area contributed by atoms with Crippen LogP contribution in [0.2, 0.25) is 0 Å². The van der Waals surface area contributed by atoms with Gasteiger partial charge in [0.25, 0.3) is 6.04 Å². The number of rotatable bonds is 5. The maximum absolute atomic E-state index is 11.4. The molecule has 1 aromatic carbocycles. The zero-order valence-corrected chi connectivity index (χ0v) is 13.0. The van der Waals surface area contributed by atoms with Crippen LogP contribution in [0.1, 0.15) is 31.2 Å². The van der Waals surface area contributed by atoms with E-state index in [1.807, 2.05) is 6.92 Å². The number of fused-ring (bicyclic) bond motifs is 1. The van der Waals surface area contributed by atoms with Gasteiger partial charge in [-0.1, -0.05) is 35.3 Å². The van der Waals surface area contributed by atoms with Gasteiger partial charge in [0.05, 0.1) is 0 Å². The summed E-state index contributed by atoms with van der Waals surface area (Å²) in [7, 11) is 0. The summed E-state index contributed by atoms with van der Waals surface area (Å²) in [5.74, 6) is -0.281. The standard InChI is InChI=1S/C13H15BrN2O5/c1-2-3-11-13(16(19)20)10(7-15(17)18)9-5-4-8(14)6-12(9)21-11/h4-6,10-11,13H,2-3,7H2,1H3/t10-,11+,13+/m1/s1. The molecule has 2 rings (SSSR count). The van der Waals surface area contributed by atoms with Gasteiger partial charge in [0, 0.05) is 19.9 Å². The second kappa shape index (κ2) is 6.38. The Labute approximate surface area is 129 Å². The molecule has 0 aliphatic carbocycles. The third-order valence-corrected chi connectivity index (χ3v) is 4.10. The SMILES string of the molecule is CCC[C@@H]1Oc2cc(Br)ccc2[C@@H](C[N+](=O)[O-])[C@@H]1[N+](=O)[O-]. The average molecular weight is 359 g/mol. The number of ether oxygens (including phenoxy) is 1. The molecule has 0 saturated carbocycles. The molecular formula is C13H15BrN2O5. The van der Waals surface area contributed by atoms with E-state index in [1.54, 1.807) is 18.2 Å². The molecule has 0 unspecified atom stereocenters. The predicted molar refractivity (Wildman–Crippen MR) is 78.9 cm³/mol. The number of halogens is 1. The van der Waals surface area contributed by atoms with Crippen LogP contribution in [0.25, 0.3) is 0 Å². The minimum Gasteiger partial charge on any atom is -0.483 e. The first kappa shape index (κ1) is 15.7. The van der Waals surface area contributed by atoms with Crippen LogP contribution in [-0.2, 0) is 0 Å². The van der Waals surface area contributed by atoms with E-state index < -0.39 is 34.5 Å². The summed E-state index contributed by atoms with van der Waals surface area (Å²) in [5, 5.41) is 22.3. The van der Waals surface area contributed by atoms with Gasteiger partial charge in [-0.2, -0.15) is 0 Å². The average Bonchev–Trinajstić information content (AvgIpc) is 2.37. The third-order valence-electron chi connectivity index (χ3n) is 3.61. The Morgan fingerprint density at radius 3 is 2.62 bits per heavy atom. The highest BCUT2D eigenvalue weighted by atomic mass is 79.9. The molecule has 3 atom stereocenters. The first-order chi connectivity index (χ1) is 9.93. The van der Waals surface area contributed by atoms with Gasteiger partial charge >= 0.3 is 0 Å². The Hall–Kier alpha value is -1.70. The van der Waals surface area contributed by atoms with Crippen molar-refractivity contribution < 1.29 is 14.6 Å². The molecule has 0 aromatic heterocycles. The van der Waals surface area contributed by atoms with Crippen molar-refractivity contribution in [3.63, 3.8) is 0 Å². The largest absolute Gasteiger partial charge is 0.483 e. The van der Waals surface area contributed by atoms with E-state index in [-0.39, 0.29) is 0 Å². The van der Waals surface area contributed by atoms with E-state index in [0.29, 0.717) is 24.2 Å². The number of nitrogens with zero attached hydrogens (tertiary/aromatic N) is 2. The lowest BCUT2D eigenvalue weighted by molar-refractivity contribution is -0.557. The molecular weight excluding hydrogens is 344 g/mol. The highest BCUT2D eigenvalue weighted by molar-refractivity contribution is 9.10. The van der Waals surface area contributed by atoms with Gasteiger partial charge in [0.2, 0.25) is 6.54 Å². The first-order valence-electron chi connectivity index (χ1n) is 6.65. The Morgan fingerprint density at radius 2 is 2.05 bits per heavy atom. The van der Waals surface area contributed by atoms with E-state index in [2.05, 4.69) is 15.9 Å². The van der Waals surface area contributed by atoms with Crippen LogP contribution in [-0.4, -0.2) is 28.5 Å². The van der Waals surface area contributed by atoms with Crippen molar-refractivity contribution in [2.45, 2.75) is 37.8 Å². The molecule has 0 radical (unpaired) electrons. The molecule has 0 fully saturated rings. The number of nitro groups is 2. The second-order valence-electron chi connectivity index (χ2n) is 5.02. The van der Waals surface area contributed by atoms with Crippen LogP contribution in [0, 0.1) is 20.2 Å². The molecule has 0 amide bonds. The van der Waals surface area contributed by atoms with E-state index in [0.717, 1.165) is 4.47 Å². The molecule has 8 heteroatoms. The number of benzene rings is 1. The first-order valence-corrected chi connectivity index (χ1v) is 7.44. The molecule has 0 N–H and O–H groups in total. The Morgan fingerprint density at radius 1 is 1.33 bits per heavy atom. The van der Waals surface area contributed by atoms with E-state index in [1.165, 1.54) is 0 Å². The normalized spacial score (nSPS) is 24.0. The summed E-state index contributed by atoms with van der Waals surface area (Å²) in [6.45, 7) is 1.43. The van der Waals surface area contributed by atoms with Gasteiger partial charge in [-0.3, -0.25) is 20.2 Å². The van der Waals surface area contributed by atoms with Crippen LogP contribution in [0.4, 0.5) is 0 Å². The molecule has 0 saturated heterocycles. The quantitative estimate of drug-likeness (QED) is 0.595. The van der Waals surface area contributed by atoms with E-state index >= 15 is 0 Å². The number of hydrogen-bond donors (Lipinski definition) is 0. The summed E-state index contributed by atoms with van der Waals surface area (Å²) in [5.41, 5.74) is 0.531. The van der Waals surface area contributed by atoms with Crippen molar-refractivity contribution >= 4 is 15.9 Å². The fourth-order valence-corrected chi connectivity index (χ4v) is 3.10. The molecule has 0 spiro atoms. The highest BCUT2D eigenvalue weighted by Gasteiger charge is 2.48. The van der Waals surface area contributed by atoms with Crippen LogP contribution in [0.3, 0.4) is 0 Å². The van der Waals surface area contributed by atoms with Gasteiger partial charge in [-0.15, -0.1) is 0 Å². The minimum atomic E-state index is -1.09. The lowest BCUT2D eigenvalue weighted by atomic mass is 9.84. The van der Waals surface area contributed by atoms with Crippen LogP contribution < -0.4 is 4.74 Å². The fraction of sp³-hybridized carbons (Fsp3) is 0.538. The van der Waals surface area contributed by atoms with Crippen molar-refractivity contribution in [1.82, 2.24) is 0 Å². The van der Waals surface area contributed by atoms with Crippen LogP contribution in [0.15, 0.2) is 22.7 Å². The predicted octanol–water partition coefficient (Wildman–Crippen LogP) is 3.02. The zero-order chi connectivity index (χ0) is 15.6. The fourth-order valence-electron chi connectivity index (χ4n) is 2.76. The lowest BCUT2D eigenvalue weighted by Gasteiger charge is -2.32. The summed E-state index contributed by atoms with van der Waals surface area (Å²) >= 11 is 3.32. The van der Waals surface area contributed by atoms with Crippen LogP contribution in [0.5, 0.6) is 5.75 Å². The molecule has 7 nitrogen and oxygen atoms in total. The molecule has 21 heavy (non-hydrogen) atoms. The van der Waals surface area contributed by atoms with Gasteiger partial charge in [0.1, 0.15) is 11.7 Å². The third kappa shape index (κ3) is 3.31. The monoisotopic (exact) mass is 358 g/mol. The topological polar surface area (TPSA) is 95.5 Å². The molecule has 1 heterocycles. The van der Waals surface area contributed by atoms with Crippen molar-refractivity contribution in [2.24, 2.45) is 0 Å². The van der Waals surface area contributed by atoms with Crippen LogP contribution >= 0.6 is 15.9 Å². The lowest BCUT2D eigenvalue weighted by Crippen LogP contribution is -2.47. The van der Waals surface area contributed by atoms with Crippen molar-refractivity contribution in [1.29, 1.82) is 0 Å². The maximum Gasteiger partial charge on any atom is 0.262 e. The van der Waals surface area contributed by atoms with Crippen molar-refractivity contribution in [3.8, 4) is 5.75 Å². The van der Waals surface area contributed by atoms with Gasteiger partial charge < -0.3 is 4.74 Å². The Kier molecular flexibility index (Phi) is 4.76. The van der Waals surface area contributed by atoms with E-state index in [4.69, 9.17) is 4.74 Å².